The molecule has 1 N–H and O–H groups in total. The quantitative estimate of drug-likeness (QED) is 0.773. The molecule has 2 heterocycles. The van der Waals surface area contributed by atoms with Crippen LogP contribution < -0.4 is 5.32 Å². The average Bonchev–Trinajstić information content (AvgIpc) is 2.75. The van der Waals surface area contributed by atoms with Crippen LogP contribution in [0.1, 0.15) is 17.9 Å². The summed E-state index contributed by atoms with van der Waals surface area (Å²) in [7, 11) is 2.13. The number of nitrogens with zero attached hydrogens (tertiary/aromatic N) is 2. The van der Waals surface area contributed by atoms with Gasteiger partial charge < -0.3 is 9.84 Å². The number of rotatable bonds is 3. The number of hydrogen-bond donors (Lipinski definition) is 1. The summed E-state index contributed by atoms with van der Waals surface area (Å²) in [5.74, 6) is 0.955. The minimum absolute atomic E-state index is 0.639. The molecule has 1 aromatic heterocycles. The van der Waals surface area contributed by atoms with Gasteiger partial charge in [-0.25, -0.2) is 0 Å². The highest BCUT2D eigenvalue weighted by atomic mass is 16.5. The van der Waals surface area contributed by atoms with Crippen molar-refractivity contribution in [2.45, 2.75) is 25.9 Å². The van der Waals surface area contributed by atoms with E-state index in [0.29, 0.717) is 6.04 Å². The highest BCUT2D eigenvalue weighted by Crippen LogP contribution is 2.11. The van der Waals surface area contributed by atoms with Crippen molar-refractivity contribution in [1.29, 1.82) is 0 Å². The number of nitrogens with one attached hydrogen (secondary N) is 1. The fourth-order valence-corrected chi connectivity index (χ4v) is 1.88. The van der Waals surface area contributed by atoms with Crippen LogP contribution in [0.15, 0.2) is 10.6 Å². The van der Waals surface area contributed by atoms with Crippen molar-refractivity contribution in [3.63, 3.8) is 0 Å². The molecule has 1 saturated heterocycles. The predicted molar refractivity (Wildman–Crippen MR) is 54.0 cm³/mol. The molecule has 0 bridgehead atoms. The van der Waals surface area contributed by atoms with Crippen LogP contribution in [0, 0.1) is 6.92 Å². The van der Waals surface area contributed by atoms with Gasteiger partial charge in [-0.15, -0.1) is 0 Å². The van der Waals surface area contributed by atoms with E-state index in [0.717, 1.165) is 31.1 Å². The Morgan fingerprint density at radius 2 is 2.57 bits per heavy atom. The largest absolute Gasteiger partial charge is 0.360 e. The summed E-state index contributed by atoms with van der Waals surface area (Å²) in [6.07, 6.45) is 1.23. The molecule has 4 nitrogen and oxygen atoms in total. The van der Waals surface area contributed by atoms with Crippen LogP contribution in [0.2, 0.25) is 0 Å². The predicted octanol–water partition coefficient (Wildman–Crippen LogP) is 0.777. The zero-order valence-corrected chi connectivity index (χ0v) is 8.79. The lowest BCUT2D eigenvalue weighted by atomic mass is 10.2. The lowest BCUT2D eigenvalue weighted by Gasteiger charge is -2.21. The van der Waals surface area contributed by atoms with Gasteiger partial charge in [0, 0.05) is 18.7 Å². The summed E-state index contributed by atoms with van der Waals surface area (Å²) in [6, 6.07) is 2.64. The average molecular weight is 195 g/mol. The van der Waals surface area contributed by atoms with Gasteiger partial charge in [0.25, 0.3) is 0 Å². The van der Waals surface area contributed by atoms with Crippen LogP contribution in [0.25, 0.3) is 0 Å². The van der Waals surface area contributed by atoms with E-state index in [1.54, 1.807) is 0 Å². The Hall–Kier alpha value is -0.870. The third-order valence-corrected chi connectivity index (χ3v) is 2.74. The van der Waals surface area contributed by atoms with E-state index in [9.17, 15) is 0 Å². The van der Waals surface area contributed by atoms with E-state index in [1.807, 2.05) is 13.0 Å². The minimum Gasteiger partial charge on any atom is -0.360 e. The monoisotopic (exact) mass is 195 g/mol. The fourth-order valence-electron chi connectivity index (χ4n) is 1.88. The third-order valence-electron chi connectivity index (χ3n) is 2.74. The second-order valence-corrected chi connectivity index (χ2v) is 4.00. The Kier molecular flexibility index (Phi) is 2.84. The number of aryl methyl sites for hydroxylation is 1. The lowest BCUT2D eigenvalue weighted by molar-refractivity contribution is 0.218. The van der Waals surface area contributed by atoms with Gasteiger partial charge in [-0.2, -0.15) is 0 Å². The van der Waals surface area contributed by atoms with Crippen molar-refractivity contribution in [2.24, 2.45) is 0 Å². The van der Waals surface area contributed by atoms with Gasteiger partial charge in [0.2, 0.25) is 0 Å². The maximum atomic E-state index is 5.18. The highest BCUT2D eigenvalue weighted by Gasteiger charge is 2.19. The molecular weight excluding hydrogens is 178 g/mol. The molecule has 78 valence electrons. The second-order valence-electron chi connectivity index (χ2n) is 4.00. The molecule has 1 aliphatic rings. The maximum absolute atomic E-state index is 5.18. The zero-order valence-electron chi connectivity index (χ0n) is 8.79. The van der Waals surface area contributed by atoms with Crippen LogP contribution in [-0.2, 0) is 6.54 Å². The van der Waals surface area contributed by atoms with Gasteiger partial charge in [-0.1, -0.05) is 5.16 Å². The van der Waals surface area contributed by atoms with Crippen molar-refractivity contribution in [3.05, 3.63) is 17.5 Å². The summed E-state index contributed by atoms with van der Waals surface area (Å²) in [5.41, 5.74) is 0.956. The summed E-state index contributed by atoms with van der Waals surface area (Å²) in [5, 5.41) is 7.24. The van der Waals surface area contributed by atoms with Crippen molar-refractivity contribution < 1.29 is 4.52 Å². The van der Waals surface area contributed by atoms with E-state index < -0.39 is 0 Å². The number of aromatic nitrogens is 1. The first kappa shape index (κ1) is 9.68. The normalized spacial score (nSPS) is 22.1. The molecule has 4 heteroatoms. The van der Waals surface area contributed by atoms with E-state index in [2.05, 4.69) is 22.4 Å². The molecule has 0 amide bonds. The first-order chi connectivity index (χ1) is 6.75. The lowest BCUT2D eigenvalue weighted by Crippen LogP contribution is -2.32. The molecule has 1 atom stereocenters. The molecule has 2 rings (SSSR count). The molecule has 0 aliphatic carbocycles. The van der Waals surface area contributed by atoms with Gasteiger partial charge in [0.1, 0.15) is 0 Å². The molecule has 0 radical (unpaired) electrons. The summed E-state index contributed by atoms with van der Waals surface area (Å²) < 4.78 is 5.18. The molecule has 14 heavy (non-hydrogen) atoms. The van der Waals surface area contributed by atoms with Crippen LogP contribution >= 0.6 is 0 Å². The van der Waals surface area contributed by atoms with E-state index >= 15 is 0 Å². The highest BCUT2D eigenvalue weighted by molar-refractivity contribution is 5.03. The van der Waals surface area contributed by atoms with E-state index in [4.69, 9.17) is 4.52 Å². The van der Waals surface area contributed by atoms with Crippen LogP contribution in [0.5, 0.6) is 0 Å². The Balaban J connectivity index is 1.90. The molecule has 1 unspecified atom stereocenters. The van der Waals surface area contributed by atoms with Gasteiger partial charge in [-0.3, -0.25) is 4.90 Å². The maximum Gasteiger partial charge on any atom is 0.150 e. The smallest absolute Gasteiger partial charge is 0.150 e. The first-order valence-electron chi connectivity index (χ1n) is 5.09. The van der Waals surface area contributed by atoms with Gasteiger partial charge in [0.05, 0.1) is 12.2 Å². The summed E-state index contributed by atoms with van der Waals surface area (Å²) in [4.78, 5) is 2.32. The number of hydrogen-bond acceptors (Lipinski definition) is 4. The SMILES string of the molecule is Cc1cc(CN(C)C2CCNC2)on1. The standard InChI is InChI=1S/C10H17N3O/c1-8-5-10(14-12-8)7-13(2)9-3-4-11-6-9/h5,9,11H,3-4,6-7H2,1-2H3. The zero-order chi connectivity index (χ0) is 9.97. The Labute approximate surface area is 84.3 Å². The Bertz CT molecular complexity index is 291. The fraction of sp³-hybridized carbons (Fsp3) is 0.700. The molecule has 1 fully saturated rings. The van der Waals surface area contributed by atoms with Crippen LogP contribution in [0.3, 0.4) is 0 Å². The topological polar surface area (TPSA) is 41.3 Å². The van der Waals surface area contributed by atoms with Crippen LogP contribution in [0.4, 0.5) is 0 Å². The molecule has 0 aromatic carbocycles. The third kappa shape index (κ3) is 2.13. The van der Waals surface area contributed by atoms with Crippen molar-refractivity contribution in [3.8, 4) is 0 Å². The van der Waals surface area contributed by atoms with Gasteiger partial charge in [0.15, 0.2) is 5.76 Å². The Morgan fingerprint density at radius 3 is 3.14 bits per heavy atom. The van der Waals surface area contributed by atoms with Gasteiger partial charge >= 0.3 is 0 Å². The van der Waals surface area contributed by atoms with Crippen molar-refractivity contribution in [2.75, 3.05) is 20.1 Å². The van der Waals surface area contributed by atoms with Gasteiger partial charge in [-0.05, 0) is 26.9 Å². The van der Waals surface area contributed by atoms with E-state index in [1.165, 1.54) is 6.42 Å². The summed E-state index contributed by atoms with van der Waals surface area (Å²) >= 11 is 0. The van der Waals surface area contributed by atoms with Crippen molar-refractivity contribution in [1.82, 2.24) is 15.4 Å². The number of likely N-dealkylation sites (N-methyl/N-ethyl adjacent to an activating group) is 1. The molecule has 0 saturated carbocycles. The minimum atomic E-state index is 0.639. The second kappa shape index (κ2) is 4.11. The summed E-state index contributed by atoms with van der Waals surface area (Å²) in [6.45, 7) is 5.02. The Morgan fingerprint density at radius 1 is 1.71 bits per heavy atom. The molecular formula is C10H17N3O. The van der Waals surface area contributed by atoms with Crippen molar-refractivity contribution >= 4 is 0 Å². The van der Waals surface area contributed by atoms with Crippen LogP contribution in [-0.4, -0.2) is 36.2 Å². The van der Waals surface area contributed by atoms with E-state index in [-0.39, 0.29) is 0 Å². The molecule has 0 spiro atoms. The molecule has 1 aliphatic heterocycles. The molecule has 1 aromatic rings. The first-order valence-corrected chi connectivity index (χ1v) is 5.09.